The van der Waals surface area contributed by atoms with Gasteiger partial charge in [-0.3, -0.25) is 9.69 Å². The van der Waals surface area contributed by atoms with Crippen molar-refractivity contribution in [1.82, 2.24) is 14.9 Å². The molecule has 0 heterocycles. The van der Waals surface area contributed by atoms with Crippen LogP contribution in [0.25, 0.3) is 0 Å². The Labute approximate surface area is 168 Å². The fourth-order valence-electron chi connectivity index (χ4n) is 3.19. The molecule has 7 heteroatoms. The van der Waals surface area contributed by atoms with Crippen molar-refractivity contribution < 1.29 is 13.2 Å². The molecule has 0 radical (unpaired) electrons. The van der Waals surface area contributed by atoms with E-state index in [-0.39, 0.29) is 16.8 Å². The number of nitrogens with one attached hydrogen (secondary N) is 2. The van der Waals surface area contributed by atoms with E-state index in [4.69, 9.17) is 0 Å². The van der Waals surface area contributed by atoms with Crippen molar-refractivity contribution in [3.63, 3.8) is 0 Å². The first-order valence-electron chi connectivity index (χ1n) is 9.51. The topological polar surface area (TPSA) is 78.5 Å². The van der Waals surface area contributed by atoms with Gasteiger partial charge in [-0.15, -0.1) is 0 Å². The summed E-state index contributed by atoms with van der Waals surface area (Å²) in [5.41, 5.74) is 1.55. The van der Waals surface area contributed by atoms with E-state index in [1.165, 1.54) is 24.7 Å². The van der Waals surface area contributed by atoms with Crippen molar-refractivity contribution in [2.45, 2.75) is 31.2 Å². The van der Waals surface area contributed by atoms with Gasteiger partial charge in [0, 0.05) is 18.2 Å². The van der Waals surface area contributed by atoms with Crippen LogP contribution < -0.4 is 10.0 Å². The van der Waals surface area contributed by atoms with E-state index in [1.807, 2.05) is 18.2 Å². The van der Waals surface area contributed by atoms with Gasteiger partial charge in [-0.2, -0.15) is 0 Å². The Hall–Kier alpha value is -2.22. The number of amides is 1. The van der Waals surface area contributed by atoms with E-state index in [9.17, 15) is 13.2 Å². The van der Waals surface area contributed by atoms with Crippen LogP contribution >= 0.6 is 0 Å². The number of likely N-dealkylation sites (N-methyl/N-ethyl adjacent to an activating group) is 1. The van der Waals surface area contributed by atoms with Crippen LogP contribution in [-0.2, 0) is 16.4 Å². The highest BCUT2D eigenvalue weighted by Gasteiger charge is 2.19. The summed E-state index contributed by atoms with van der Waals surface area (Å²) in [5.74, 6) is -0.279. The number of hydrogen-bond donors (Lipinski definition) is 2. The average molecular weight is 404 g/mol. The Bertz CT molecular complexity index is 865. The normalized spacial score (nSPS) is 12.7. The predicted octanol–water partition coefficient (Wildman–Crippen LogP) is 2.28. The zero-order valence-corrected chi connectivity index (χ0v) is 17.5. The predicted molar refractivity (Wildman–Crippen MR) is 112 cm³/mol. The summed E-state index contributed by atoms with van der Waals surface area (Å²) in [5, 5.41) is 2.97. The second-order valence-electron chi connectivity index (χ2n) is 6.51. The molecule has 0 aromatic heterocycles. The highest BCUT2D eigenvalue weighted by molar-refractivity contribution is 7.89. The van der Waals surface area contributed by atoms with Gasteiger partial charge in [0.05, 0.1) is 4.90 Å². The Morgan fingerprint density at radius 1 is 1.04 bits per heavy atom. The van der Waals surface area contributed by atoms with Crippen LogP contribution in [0.1, 0.15) is 29.8 Å². The van der Waals surface area contributed by atoms with Crippen LogP contribution in [0.4, 0.5) is 0 Å². The fourth-order valence-corrected chi connectivity index (χ4v) is 3.97. The molecule has 0 saturated carbocycles. The van der Waals surface area contributed by atoms with E-state index >= 15 is 0 Å². The first kappa shape index (κ1) is 22.1. The molecule has 0 spiro atoms. The monoisotopic (exact) mass is 403 g/mol. The third kappa shape index (κ3) is 5.89. The Balaban J connectivity index is 2.11. The molecule has 2 rings (SSSR count). The summed E-state index contributed by atoms with van der Waals surface area (Å²) in [6.45, 7) is 6.47. The molecule has 152 valence electrons. The zero-order valence-electron chi connectivity index (χ0n) is 16.7. The van der Waals surface area contributed by atoms with E-state index in [2.05, 4.69) is 40.9 Å². The first-order valence-corrected chi connectivity index (χ1v) is 11.0. The minimum atomic E-state index is -3.59. The second kappa shape index (κ2) is 10.4. The summed E-state index contributed by atoms with van der Waals surface area (Å²) in [4.78, 5) is 15.0. The summed E-state index contributed by atoms with van der Waals surface area (Å²) in [6, 6.07) is 16.4. The largest absolute Gasteiger partial charge is 0.350 e. The molecule has 0 bridgehead atoms. The third-order valence-electron chi connectivity index (χ3n) is 4.82. The van der Waals surface area contributed by atoms with Crippen molar-refractivity contribution >= 4 is 15.9 Å². The highest BCUT2D eigenvalue weighted by Crippen LogP contribution is 2.12. The van der Waals surface area contributed by atoms with Gasteiger partial charge in [-0.1, -0.05) is 50.2 Å². The summed E-state index contributed by atoms with van der Waals surface area (Å²) >= 11 is 0. The van der Waals surface area contributed by atoms with Gasteiger partial charge >= 0.3 is 0 Å². The maximum Gasteiger partial charge on any atom is 0.251 e. The van der Waals surface area contributed by atoms with Crippen LogP contribution in [-0.4, -0.2) is 51.9 Å². The molecule has 0 saturated heterocycles. The fraction of sp³-hybridized carbons (Fsp3) is 0.381. The molecular formula is C21H29N3O3S. The lowest BCUT2D eigenvalue weighted by molar-refractivity contribution is 0.0934. The van der Waals surface area contributed by atoms with Crippen LogP contribution in [0, 0.1) is 0 Å². The number of benzene rings is 2. The molecule has 1 amide bonds. The maximum absolute atomic E-state index is 12.6. The van der Waals surface area contributed by atoms with Gasteiger partial charge in [-0.05, 0) is 50.3 Å². The van der Waals surface area contributed by atoms with Gasteiger partial charge in [0.25, 0.3) is 5.91 Å². The van der Waals surface area contributed by atoms with Gasteiger partial charge in [0.2, 0.25) is 10.0 Å². The molecular weight excluding hydrogens is 374 g/mol. The average Bonchev–Trinajstić information content (AvgIpc) is 2.73. The number of carbonyl (C=O) groups is 1. The number of nitrogens with zero attached hydrogens (tertiary/aromatic N) is 1. The van der Waals surface area contributed by atoms with E-state index in [1.54, 1.807) is 12.1 Å². The number of sulfonamides is 1. The standard InChI is InChI=1S/C21H29N3O3S/c1-4-24(5-2)19(14-17-10-7-6-8-11-17)16-23-21(25)18-12-9-13-20(15-18)28(26,27)22-3/h6-13,15,19,22H,4-5,14,16H2,1-3H3,(H,23,25). The molecule has 0 aliphatic carbocycles. The quantitative estimate of drug-likeness (QED) is 0.638. The minimum Gasteiger partial charge on any atom is -0.350 e. The van der Waals surface area contributed by atoms with Crippen LogP contribution in [0.5, 0.6) is 0 Å². The van der Waals surface area contributed by atoms with Crippen molar-refractivity contribution in [3.8, 4) is 0 Å². The van der Waals surface area contributed by atoms with Crippen molar-refractivity contribution in [2.24, 2.45) is 0 Å². The summed E-state index contributed by atoms with van der Waals surface area (Å²) in [6.07, 6.45) is 0.830. The summed E-state index contributed by atoms with van der Waals surface area (Å²) in [7, 11) is -2.24. The minimum absolute atomic E-state index is 0.0761. The molecule has 1 atom stereocenters. The lowest BCUT2D eigenvalue weighted by Crippen LogP contribution is -2.45. The SMILES string of the molecule is CCN(CC)C(CNC(=O)c1cccc(S(=O)(=O)NC)c1)Cc1ccccc1. The summed E-state index contributed by atoms with van der Waals surface area (Å²) < 4.78 is 26.2. The van der Waals surface area contributed by atoms with E-state index in [0.29, 0.717) is 12.1 Å². The van der Waals surface area contributed by atoms with Crippen LogP contribution in [0.15, 0.2) is 59.5 Å². The third-order valence-corrected chi connectivity index (χ3v) is 6.23. The van der Waals surface area contributed by atoms with E-state index < -0.39 is 10.0 Å². The smallest absolute Gasteiger partial charge is 0.251 e. The van der Waals surface area contributed by atoms with Crippen molar-refractivity contribution in [3.05, 3.63) is 65.7 Å². The molecule has 6 nitrogen and oxygen atoms in total. The highest BCUT2D eigenvalue weighted by atomic mass is 32.2. The molecule has 28 heavy (non-hydrogen) atoms. The van der Waals surface area contributed by atoms with Crippen molar-refractivity contribution in [1.29, 1.82) is 0 Å². The van der Waals surface area contributed by atoms with Crippen LogP contribution in [0.3, 0.4) is 0 Å². The number of hydrogen-bond acceptors (Lipinski definition) is 4. The van der Waals surface area contributed by atoms with Gasteiger partial charge in [0.1, 0.15) is 0 Å². The Morgan fingerprint density at radius 2 is 1.71 bits per heavy atom. The molecule has 2 N–H and O–H groups in total. The van der Waals surface area contributed by atoms with Crippen LogP contribution in [0.2, 0.25) is 0 Å². The molecule has 2 aromatic rings. The van der Waals surface area contributed by atoms with Gasteiger partial charge in [0.15, 0.2) is 0 Å². The second-order valence-corrected chi connectivity index (χ2v) is 8.40. The molecule has 0 fully saturated rings. The molecule has 0 aliphatic rings. The molecule has 2 aromatic carbocycles. The molecule has 1 unspecified atom stereocenters. The lowest BCUT2D eigenvalue weighted by atomic mass is 10.0. The lowest BCUT2D eigenvalue weighted by Gasteiger charge is -2.30. The number of rotatable bonds is 10. The van der Waals surface area contributed by atoms with Gasteiger partial charge in [-0.25, -0.2) is 13.1 Å². The van der Waals surface area contributed by atoms with Crippen molar-refractivity contribution in [2.75, 3.05) is 26.7 Å². The van der Waals surface area contributed by atoms with E-state index in [0.717, 1.165) is 19.5 Å². The Kier molecular flexibility index (Phi) is 8.17. The first-order chi connectivity index (χ1) is 13.4. The Morgan fingerprint density at radius 3 is 2.32 bits per heavy atom. The zero-order chi connectivity index (χ0) is 20.6. The van der Waals surface area contributed by atoms with Gasteiger partial charge < -0.3 is 5.32 Å². The molecule has 0 aliphatic heterocycles. The maximum atomic E-state index is 12.6. The number of carbonyl (C=O) groups excluding carboxylic acids is 1.